The summed E-state index contributed by atoms with van der Waals surface area (Å²) in [6, 6.07) is 4.83. The van der Waals surface area contributed by atoms with Crippen LogP contribution >= 0.6 is 11.6 Å². The van der Waals surface area contributed by atoms with Crippen molar-refractivity contribution in [2.24, 2.45) is 0 Å². The molecule has 1 aromatic heterocycles. The fraction of sp³-hybridized carbons (Fsp3) is 0.500. The molecule has 0 bridgehead atoms. The number of benzene rings is 1. The number of aromatic nitrogens is 2. The number of nitrogens with one attached hydrogen (secondary N) is 1. The summed E-state index contributed by atoms with van der Waals surface area (Å²) in [7, 11) is 0. The summed E-state index contributed by atoms with van der Waals surface area (Å²) in [6.45, 7) is 2.11. The van der Waals surface area contributed by atoms with Crippen molar-refractivity contribution in [3.63, 3.8) is 0 Å². The van der Waals surface area contributed by atoms with E-state index in [0.29, 0.717) is 25.4 Å². The third-order valence-electron chi connectivity index (χ3n) is 5.55. The minimum absolute atomic E-state index is 0.0278. The monoisotopic (exact) mass is 375 g/mol. The molecule has 1 aliphatic carbocycles. The number of fused-ring (bicyclic) bond motifs is 1. The Morgan fingerprint density at radius 3 is 2.85 bits per heavy atom. The zero-order valence-corrected chi connectivity index (χ0v) is 15.5. The number of aromatic amines is 1. The molecular weight excluding hydrogens is 353 g/mol. The van der Waals surface area contributed by atoms with Crippen LogP contribution in [0.3, 0.4) is 0 Å². The highest BCUT2D eigenvalue weighted by Crippen LogP contribution is 2.31. The van der Waals surface area contributed by atoms with Gasteiger partial charge in [0.2, 0.25) is 0 Å². The fourth-order valence-electron chi connectivity index (χ4n) is 4.11. The molecule has 2 aliphatic rings. The van der Waals surface area contributed by atoms with Crippen molar-refractivity contribution in [3.8, 4) is 0 Å². The van der Waals surface area contributed by atoms with Crippen LogP contribution < -0.4 is 5.56 Å². The lowest BCUT2D eigenvalue weighted by atomic mass is 9.88. The Labute approximate surface area is 157 Å². The van der Waals surface area contributed by atoms with Crippen LogP contribution in [0, 0.1) is 5.82 Å². The minimum Gasteiger partial charge on any atom is -0.310 e. The molecule has 0 unspecified atom stereocenters. The number of rotatable bonds is 3. The van der Waals surface area contributed by atoms with E-state index in [1.165, 1.54) is 25.3 Å². The van der Waals surface area contributed by atoms with Gasteiger partial charge in [-0.2, -0.15) is 0 Å². The highest BCUT2D eigenvalue weighted by Gasteiger charge is 2.24. The smallest absolute Gasteiger partial charge is 0.254 e. The van der Waals surface area contributed by atoms with E-state index >= 15 is 0 Å². The maximum atomic E-state index is 13.3. The largest absolute Gasteiger partial charge is 0.310 e. The molecule has 2 aromatic rings. The first-order valence-corrected chi connectivity index (χ1v) is 9.76. The van der Waals surface area contributed by atoms with Crippen LogP contribution in [0.25, 0.3) is 0 Å². The molecular formula is C20H23ClFN3O. The number of halogens is 2. The van der Waals surface area contributed by atoms with Crippen molar-refractivity contribution < 1.29 is 4.39 Å². The van der Waals surface area contributed by atoms with Gasteiger partial charge in [-0.3, -0.25) is 9.69 Å². The molecule has 1 aliphatic heterocycles. The van der Waals surface area contributed by atoms with Crippen LogP contribution in [0.5, 0.6) is 0 Å². The maximum Gasteiger partial charge on any atom is 0.254 e. The first kappa shape index (κ1) is 17.7. The van der Waals surface area contributed by atoms with Crippen molar-refractivity contribution >= 4 is 11.6 Å². The molecule has 1 saturated carbocycles. The van der Waals surface area contributed by atoms with E-state index in [-0.39, 0.29) is 10.6 Å². The van der Waals surface area contributed by atoms with E-state index in [0.717, 1.165) is 42.0 Å². The van der Waals surface area contributed by atoms with Crippen LogP contribution in [0.1, 0.15) is 60.7 Å². The molecule has 6 heteroatoms. The lowest BCUT2D eigenvalue weighted by molar-refractivity contribution is 0.239. The van der Waals surface area contributed by atoms with Gasteiger partial charge in [0, 0.05) is 31.1 Å². The van der Waals surface area contributed by atoms with E-state index in [1.807, 2.05) is 0 Å². The SMILES string of the molecule is O=c1[nH]c(C2CCCCC2)nc2c1CCN(Cc1ccc(F)c(Cl)c1)C2. The van der Waals surface area contributed by atoms with Gasteiger partial charge in [0.05, 0.1) is 10.7 Å². The Balaban J connectivity index is 1.54. The lowest BCUT2D eigenvalue weighted by Gasteiger charge is -2.29. The fourth-order valence-corrected chi connectivity index (χ4v) is 4.32. The van der Waals surface area contributed by atoms with Gasteiger partial charge in [0.25, 0.3) is 5.56 Å². The average molecular weight is 376 g/mol. The van der Waals surface area contributed by atoms with Gasteiger partial charge in [0.15, 0.2) is 0 Å². The molecule has 2 heterocycles. The van der Waals surface area contributed by atoms with E-state index in [9.17, 15) is 9.18 Å². The predicted molar refractivity (Wildman–Crippen MR) is 99.9 cm³/mol. The topological polar surface area (TPSA) is 49.0 Å². The first-order valence-electron chi connectivity index (χ1n) is 9.38. The van der Waals surface area contributed by atoms with Crippen molar-refractivity contribution in [1.29, 1.82) is 0 Å². The van der Waals surface area contributed by atoms with Crippen LogP contribution in [0.2, 0.25) is 5.02 Å². The Hall–Kier alpha value is -1.72. The Morgan fingerprint density at radius 1 is 1.27 bits per heavy atom. The van der Waals surface area contributed by atoms with Crippen LogP contribution in [-0.2, 0) is 19.5 Å². The van der Waals surface area contributed by atoms with E-state index in [1.54, 1.807) is 12.1 Å². The summed E-state index contributed by atoms with van der Waals surface area (Å²) in [6.07, 6.45) is 6.61. The third-order valence-corrected chi connectivity index (χ3v) is 5.84. The van der Waals surface area contributed by atoms with Crippen molar-refractivity contribution in [1.82, 2.24) is 14.9 Å². The molecule has 26 heavy (non-hydrogen) atoms. The van der Waals surface area contributed by atoms with Gasteiger partial charge >= 0.3 is 0 Å². The number of hydrogen-bond donors (Lipinski definition) is 1. The summed E-state index contributed by atoms with van der Waals surface area (Å²) in [5.74, 6) is 0.845. The van der Waals surface area contributed by atoms with Gasteiger partial charge in [0.1, 0.15) is 11.6 Å². The van der Waals surface area contributed by atoms with Crippen molar-refractivity contribution in [2.75, 3.05) is 6.54 Å². The second kappa shape index (κ2) is 7.49. The molecule has 0 saturated heterocycles. The summed E-state index contributed by atoms with van der Waals surface area (Å²) in [4.78, 5) is 22.6. The quantitative estimate of drug-likeness (QED) is 0.875. The molecule has 4 nitrogen and oxygen atoms in total. The lowest BCUT2D eigenvalue weighted by Crippen LogP contribution is -2.35. The number of hydrogen-bond acceptors (Lipinski definition) is 3. The normalized spacial score (nSPS) is 18.7. The molecule has 0 radical (unpaired) electrons. The molecule has 0 spiro atoms. The van der Waals surface area contributed by atoms with E-state index < -0.39 is 5.82 Å². The second-order valence-corrected chi connectivity index (χ2v) is 7.83. The standard InChI is InChI=1S/C20H23ClFN3O/c21-16-10-13(6-7-17(16)22)11-25-9-8-15-18(12-25)23-19(24-20(15)26)14-4-2-1-3-5-14/h6-7,10,14H,1-5,8-9,11-12H2,(H,23,24,26). The molecule has 1 aromatic carbocycles. The maximum absolute atomic E-state index is 13.3. The Morgan fingerprint density at radius 2 is 2.08 bits per heavy atom. The molecule has 0 atom stereocenters. The summed E-state index contributed by atoms with van der Waals surface area (Å²) in [5, 5.41) is 0.147. The van der Waals surface area contributed by atoms with Crippen molar-refractivity contribution in [3.05, 3.63) is 62.0 Å². The van der Waals surface area contributed by atoms with Crippen LogP contribution in [0.15, 0.2) is 23.0 Å². The molecule has 138 valence electrons. The Kier molecular flexibility index (Phi) is 5.09. The average Bonchev–Trinajstić information content (AvgIpc) is 2.65. The Bertz CT molecular complexity index is 861. The first-order chi connectivity index (χ1) is 12.6. The van der Waals surface area contributed by atoms with Gasteiger partial charge in [-0.25, -0.2) is 9.37 Å². The number of nitrogens with zero attached hydrogens (tertiary/aromatic N) is 2. The van der Waals surface area contributed by atoms with Gasteiger partial charge in [-0.05, 0) is 37.0 Å². The molecule has 0 amide bonds. The molecule has 4 rings (SSSR count). The predicted octanol–water partition coefficient (Wildman–Crippen LogP) is 4.17. The summed E-state index contributed by atoms with van der Waals surface area (Å²) >= 11 is 5.89. The minimum atomic E-state index is -0.398. The van der Waals surface area contributed by atoms with Gasteiger partial charge < -0.3 is 4.98 Å². The molecule has 1 N–H and O–H groups in total. The third kappa shape index (κ3) is 3.69. The summed E-state index contributed by atoms with van der Waals surface area (Å²) in [5.41, 5.74) is 2.71. The van der Waals surface area contributed by atoms with E-state index in [2.05, 4.69) is 9.88 Å². The van der Waals surface area contributed by atoms with E-state index in [4.69, 9.17) is 16.6 Å². The zero-order chi connectivity index (χ0) is 18.1. The zero-order valence-electron chi connectivity index (χ0n) is 14.7. The number of H-pyrrole nitrogens is 1. The van der Waals surface area contributed by atoms with Gasteiger partial charge in [-0.15, -0.1) is 0 Å². The van der Waals surface area contributed by atoms with Gasteiger partial charge in [-0.1, -0.05) is 36.9 Å². The highest BCUT2D eigenvalue weighted by molar-refractivity contribution is 6.30. The summed E-state index contributed by atoms with van der Waals surface area (Å²) < 4.78 is 13.3. The molecule has 1 fully saturated rings. The second-order valence-electron chi connectivity index (χ2n) is 7.42. The van der Waals surface area contributed by atoms with Crippen LogP contribution in [0.4, 0.5) is 4.39 Å². The van der Waals surface area contributed by atoms with Crippen molar-refractivity contribution in [2.45, 2.75) is 57.5 Å². The highest BCUT2D eigenvalue weighted by atomic mass is 35.5. The van der Waals surface area contributed by atoms with Crippen LogP contribution in [-0.4, -0.2) is 21.4 Å².